The first kappa shape index (κ1) is 22.0. The van der Waals surface area contributed by atoms with Gasteiger partial charge in [0, 0.05) is 39.4 Å². The molecule has 9 heteroatoms. The molecule has 0 radical (unpaired) electrons. The van der Waals surface area contributed by atoms with E-state index in [-0.39, 0.29) is 17.5 Å². The molecular weight excluding hydrogens is 428 g/mol. The Morgan fingerprint density at radius 1 is 0.969 bits per heavy atom. The lowest BCUT2D eigenvalue weighted by Gasteiger charge is -2.22. The van der Waals surface area contributed by atoms with E-state index in [1.807, 2.05) is 36.4 Å². The van der Waals surface area contributed by atoms with Crippen LogP contribution < -0.4 is 4.74 Å². The van der Waals surface area contributed by atoms with E-state index < -0.39 is 10.0 Å². The Morgan fingerprint density at radius 2 is 1.69 bits per heavy atom. The maximum Gasteiger partial charge on any atom is 0.262 e. The number of amides is 1. The van der Waals surface area contributed by atoms with Gasteiger partial charge in [0.05, 0.1) is 5.56 Å². The summed E-state index contributed by atoms with van der Waals surface area (Å²) in [6, 6.07) is 16.4. The zero-order chi connectivity index (χ0) is 22.7. The fourth-order valence-electron chi connectivity index (χ4n) is 3.64. The monoisotopic (exact) mass is 454 g/mol. The minimum absolute atomic E-state index is 0.0406. The second-order valence-corrected chi connectivity index (χ2v) is 9.58. The number of para-hydroxylation sites is 2. The normalized spacial score (nSPS) is 15.4. The Kier molecular flexibility index (Phi) is 6.29. The quantitative estimate of drug-likeness (QED) is 0.592. The van der Waals surface area contributed by atoms with Gasteiger partial charge in [0.1, 0.15) is 17.3 Å². The van der Waals surface area contributed by atoms with Crippen LogP contribution in [-0.2, 0) is 17.1 Å². The van der Waals surface area contributed by atoms with Crippen LogP contribution in [0.25, 0.3) is 0 Å². The second kappa shape index (κ2) is 9.13. The van der Waals surface area contributed by atoms with Crippen molar-refractivity contribution in [3.63, 3.8) is 0 Å². The van der Waals surface area contributed by atoms with Gasteiger partial charge in [0.25, 0.3) is 15.9 Å². The number of hydrogen-bond donors (Lipinski definition) is 0. The van der Waals surface area contributed by atoms with Crippen LogP contribution in [0, 0.1) is 6.92 Å². The van der Waals surface area contributed by atoms with Crippen molar-refractivity contribution in [3.8, 4) is 11.5 Å². The van der Waals surface area contributed by atoms with Gasteiger partial charge in [-0.15, -0.1) is 0 Å². The van der Waals surface area contributed by atoms with Gasteiger partial charge < -0.3 is 14.2 Å². The van der Waals surface area contributed by atoms with Crippen LogP contribution in [0.2, 0.25) is 0 Å². The number of ether oxygens (including phenoxy) is 1. The summed E-state index contributed by atoms with van der Waals surface area (Å²) in [5, 5.41) is 0.0406. The number of aromatic nitrogens is 2. The van der Waals surface area contributed by atoms with E-state index in [1.54, 1.807) is 41.6 Å². The molecule has 8 nitrogen and oxygen atoms in total. The summed E-state index contributed by atoms with van der Waals surface area (Å²) in [5.41, 5.74) is 0.452. The zero-order valence-corrected chi connectivity index (χ0v) is 19.0. The van der Waals surface area contributed by atoms with Crippen LogP contribution in [0.5, 0.6) is 11.5 Å². The van der Waals surface area contributed by atoms with Crippen LogP contribution in [0.3, 0.4) is 0 Å². The Bertz CT molecular complexity index is 1190. The average molecular weight is 455 g/mol. The number of sulfonamides is 1. The van der Waals surface area contributed by atoms with Gasteiger partial charge in [-0.2, -0.15) is 4.31 Å². The van der Waals surface area contributed by atoms with E-state index in [0.717, 1.165) is 0 Å². The molecule has 168 valence electrons. The average Bonchev–Trinajstić information content (AvgIpc) is 2.99. The third kappa shape index (κ3) is 4.53. The molecule has 1 amide bonds. The minimum Gasteiger partial charge on any atom is -0.457 e. The predicted octanol–water partition coefficient (Wildman–Crippen LogP) is 3.06. The number of imidazole rings is 1. The highest BCUT2D eigenvalue weighted by molar-refractivity contribution is 7.89. The predicted molar refractivity (Wildman–Crippen MR) is 120 cm³/mol. The van der Waals surface area contributed by atoms with E-state index in [9.17, 15) is 13.2 Å². The number of carbonyl (C=O) groups is 1. The molecule has 1 aliphatic rings. The van der Waals surface area contributed by atoms with E-state index in [0.29, 0.717) is 48.9 Å². The molecule has 4 rings (SSSR count). The highest BCUT2D eigenvalue weighted by atomic mass is 32.2. The lowest BCUT2D eigenvalue weighted by atomic mass is 10.1. The lowest BCUT2D eigenvalue weighted by molar-refractivity contribution is 0.0761. The maximum absolute atomic E-state index is 13.3. The molecule has 2 heterocycles. The van der Waals surface area contributed by atoms with Crippen LogP contribution in [0.1, 0.15) is 22.6 Å². The highest BCUT2D eigenvalue weighted by Gasteiger charge is 2.31. The topological polar surface area (TPSA) is 84.7 Å². The van der Waals surface area contributed by atoms with Gasteiger partial charge in [-0.25, -0.2) is 13.4 Å². The van der Waals surface area contributed by atoms with E-state index in [4.69, 9.17) is 4.74 Å². The smallest absolute Gasteiger partial charge is 0.262 e. The van der Waals surface area contributed by atoms with Gasteiger partial charge in [-0.05, 0) is 37.6 Å². The van der Waals surface area contributed by atoms with Crippen LogP contribution >= 0.6 is 0 Å². The first-order valence-corrected chi connectivity index (χ1v) is 11.9. The Balaban J connectivity index is 1.50. The van der Waals surface area contributed by atoms with Crippen molar-refractivity contribution in [3.05, 3.63) is 72.2 Å². The molecular formula is C23H26N4O4S. The summed E-state index contributed by atoms with van der Waals surface area (Å²) in [5.74, 6) is 1.57. The molecule has 0 bridgehead atoms. The molecule has 1 fully saturated rings. The maximum atomic E-state index is 13.3. The molecule has 0 spiro atoms. The lowest BCUT2D eigenvalue weighted by Crippen LogP contribution is -2.37. The summed E-state index contributed by atoms with van der Waals surface area (Å²) in [4.78, 5) is 19.2. The van der Waals surface area contributed by atoms with Crippen molar-refractivity contribution in [2.75, 3.05) is 26.2 Å². The van der Waals surface area contributed by atoms with Crippen molar-refractivity contribution in [2.45, 2.75) is 18.4 Å². The van der Waals surface area contributed by atoms with Crippen molar-refractivity contribution >= 4 is 15.9 Å². The van der Waals surface area contributed by atoms with Crippen LogP contribution in [0.4, 0.5) is 0 Å². The summed E-state index contributed by atoms with van der Waals surface area (Å²) in [6.45, 7) is 3.07. The molecule has 1 saturated heterocycles. The van der Waals surface area contributed by atoms with Crippen molar-refractivity contribution in [2.24, 2.45) is 7.05 Å². The van der Waals surface area contributed by atoms with Gasteiger partial charge in [-0.1, -0.05) is 30.3 Å². The Morgan fingerprint density at radius 3 is 2.41 bits per heavy atom. The molecule has 32 heavy (non-hydrogen) atoms. The van der Waals surface area contributed by atoms with Crippen molar-refractivity contribution in [1.29, 1.82) is 0 Å². The molecule has 1 aliphatic heterocycles. The number of nitrogens with zero attached hydrogens (tertiary/aromatic N) is 4. The zero-order valence-electron chi connectivity index (χ0n) is 18.1. The van der Waals surface area contributed by atoms with E-state index in [2.05, 4.69) is 4.98 Å². The molecule has 2 aromatic carbocycles. The summed E-state index contributed by atoms with van der Waals surface area (Å²) < 4.78 is 35.1. The number of carbonyl (C=O) groups excluding carboxylic acids is 1. The Hall–Kier alpha value is -3.17. The van der Waals surface area contributed by atoms with E-state index in [1.165, 1.54) is 10.5 Å². The standard InChI is InChI=1S/C23H26N4O4S/c1-18-24-22(17-25(18)2)32(29,30)27-14-8-13-26(15-16-27)23(28)20-11-6-7-12-21(20)31-19-9-4-3-5-10-19/h3-7,9-12,17H,8,13-16H2,1-2H3. The molecule has 1 aromatic heterocycles. The Labute approximate surface area is 188 Å². The molecule has 0 aliphatic carbocycles. The molecule has 3 aromatic rings. The van der Waals surface area contributed by atoms with Crippen molar-refractivity contribution in [1.82, 2.24) is 18.8 Å². The van der Waals surface area contributed by atoms with Gasteiger partial charge >= 0.3 is 0 Å². The largest absolute Gasteiger partial charge is 0.457 e. The minimum atomic E-state index is -3.71. The molecule has 0 unspecified atom stereocenters. The molecule has 0 atom stereocenters. The fourth-order valence-corrected chi connectivity index (χ4v) is 5.13. The highest BCUT2D eigenvalue weighted by Crippen LogP contribution is 2.27. The number of hydrogen-bond acceptors (Lipinski definition) is 5. The van der Waals surface area contributed by atoms with Crippen molar-refractivity contribution < 1.29 is 17.9 Å². The first-order valence-electron chi connectivity index (χ1n) is 10.5. The van der Waals surface area contributed by atoms with Gasteiger partial charge in [0.2, 0.25) is 0 Å². The molecule has 0 saturated carbocycles. The number of benzene rings is 2. The number of rotatable bonds is 5. The summed E-state index contributed by atoms with van der Waals surface area (Å²) >= 11 is 0. The van der Waals surface area contributed by atoms with Crippen LogP contribution in [-0.4, -0.2) is 59.3 Å². The first-order chi connectivity index (χ1) is 15.4. The van der Waals surface area contributed by atoms with Gasteiger partial charge in [0.15, 0.2) is 5.03 Å². The number of aryl methyl sites for hydroxylation is 2. The van der Waals surface area contributed by atoms with Gasteiger partial charge in [-0.3, -0.25) is 4.79 Å². The molecule has 0 N–H and O–H groups in total. The fraction of sp³-hybridized carbons (Fsp3) is 0.304. The third-order valence-corrected chi connectivity index (χ3v) is 7.29. The van der Waals surface area contributed by atoms with E-state index >= 15 is 0 Å². The third-order valence-electron chi connectivity index (χ3n) is 5.52. The SMILES string of the molecule is Cc1nc(S(=O)(=O)N2CCCN(C(=O)c3ccccc3Oc3ccccc3)CC2)cn1C. The van der Waals surface area contributed by atoms with Crippen LogP contribution in [0.15, 0.2) is 65.8 Å². The summed E-state index contributed by atoms with van der Waals surface area (Å²) in [7, 11) is -1.95. The second-order valence-electron chi connectivity index (χ2n) is 7.70. The summed E-state index contributed by atoms with van der Waals surface area (Å²) in [6.07, 6.45) is 2.06.